The molecule has 0 radical (unpaired) electrons. The fourth-order valence-corrected chi connectivity index (χ4v) is 3.03. The molecule has 162 valence electrons. The van der Waals surface area contributed by atoms with E-state index < -0.39 is 29.5 Å². The summed E-state index contributed by atoms with van der Waals surface area (Å²) in [6.45, 7) is 2.02. The number of ether oxygens (including phenoxy) is 1. The van der Waals surface area contributed by atoms with Crippen LogP contribution in [0, 0.1) is 5.92 Å². The number of halogens is 3. The van der Waals surface area contributed by atoms with Crippen molar-refractivity contribution in [3.05, 3.63) is 64.7 Å². The van der Waals surface area contributed by atoms with Gasteiger partial charge in [0.1, 0.15) is 5.75 Å². The number of aliphatic carboxylic acids is 1. The van der Waals surface area contributed by atoms with Crippen LogP contribution in [0.3, 0.4) is 0 Å². The Bertz CT molecular complexity index is 879. The summed E-state index contributed by atoms with van der Waals surface area (Å²) in [5.41, 5.74) is 0.931. The molecule has 1 atom stereocenters. The summed E-state index contributed by atoms with van der Waals surface area (Å²) in [6.07, 6.45) is -3.26. The minimum atomic E-state index is -4.38. The lowest BCUT2D eigenvalue weighted by atomic mass is 9.95. The minimum absolute atomic E-state index is 0.226. The molecule has 2 aromatic carbocycles. The van der Waals surface area contributed by atoms with Crippen molar-refractivity contribution >= 4 is 11.9 Å². The third-order valence-electron chi connectivity index (χ3n) is 4.81. The molecule has 0 bridgehead atoms. The number of methoxy groups -OCH3 is 1. The number of nitrogens with one attached hydrogen (secondary N) is 1. The Morgan fingerprint density at radius 1 is 1.10 bits per heavy atom. The van der Waals surface area contributed by atoms with E-state index in [2.05, 4.69) is 5.32 Å². The van der Waals surface area contributed by atoms with Gasteiger partial charge >= 0.3 is 12.1 Å². The molecule has 5 nitrogen and oxygen atoms in total. The van der Waals surface area contributed by atoms with Gasteiger partial charge in [-0.3, -0.25) is 9.59 Å². The van der Waals surface area contributed by atoms with Crippen LogP contribution in [0.2, 0.25) is 0 Å². The Hall–Kier alpha value is -3.03. The zero-order chi connectivity index (χ0) is 22.3. The Morgan fingerprint density at radius 3 is 2.27 bits per heavy atom. The first-order valence-corrected chi connectivity index (χ1v) is 9.49. The second-order valence-corrected chi connectivity index (χ2v) is 6.88. The molecule has 2 aromatic rings. The van der Waals surface area contributed by atoms with Crippen LogP contribution in [0.1, 0.15) is 40.4 Å². The van der Waals surface area contributed by atoms with Gasteiger partial charge in [0.05, 0.1) is 24.2 Å². The first kappa shape index (κ1) is 23.3. The number of carbonyl (C=O) groups is 2. The first-order chi connectivity index (χ1) is 14.2. The second kappa shape index (κ2) is 10.1. The number of rotatable bonds is 9. The summed E-state index contributed by atoms with van der Waals surface area (Å²) in [5.74, 6) is -1.48. The number of hydrogen-bond acceptors (Lipinski definition) is 3. The summed E-state index contributed by atoms with van der Waals surface area (Å²) in [5, 5.41) is 12.0. The molecule has 0 aliphatic heterocycles. The van der Waals surface area contributed by atoms with E-state index in [-0.39, 0.29) is 12.1 Å². The molecule has 0 saturated carbocycles. The predicted octanol–water partition coefficient (Wildman–Crippen LogP) is 4.34. The lowest BCUT2D eigenvalue weighted by Gasteiger charge is -2.14. The zero-order valence-electron chi connectivity index (χ0n) is 16.8. The van der Waals surface area contributed by atoms with Crippen molar-refractivity contribution in [3.8, 4) is 5.75 Å². The van der Waals surface area contributed by atoms with Crippen molar-refractivity contribution in [2.45, 2.75) is 32.4 Å². The van der Waals surface area contributed by atoms with Crippen LogP contribution in [0.5, 0.6) is 5.75 Å². The molecule has 0 saturated heterocycles. The largest absolute Gasteiger partial charge is 0.496 e. The maximum atomic E-state index is 12.6. The molecule has 1 amide bonds. The highest BCUT2D eigenvalue weighted by molar-refractivity contribution is 5.97. The van der Waals surface area contributed by atoms with Crippen LogP contribution in [-0.4, -0.2) is 30.6 Å². The number of carboxylic acids is 1. The highest BCUT2D eigenvalue weighted by atomic mass is 19.4. The summed E-state index contributed by atoms with van der Waals surface area (Å²) in [6, 6.07) is 9.74. The van der Waals surface area contributed by atoms with Crippen molar-refractivity contribution < 1.29 is 32.6 Å². The smallest absolute Gasteiger partial charge is 0.416 e. The van der Waals surface area contributed by atoms with E-state index in [1.165, 1.54) is 19.2 Å². The average molecular weight is 423 g/mol. The minimum Gasteiger partial charge on any atom is -0.496 e. The molecule has 0 aliphatic rings. The van der Waals surface area contributed by atoms with Crippen LogP contribution >= 0.6 is 0 Å². The number of carbonyl (C=O) groups excluding carboxylic acids is 1. The molecular formula is C22H24F3NO4. The molecule has 0 heterocycles. The van der Waals surface area contributed by atoms with E-state index >= 15 is 0 Å². The van der Waals surface area contributed by atoms with Gasteiger partial charge in [-0.2, -0.15) is 13.2 Å². The average Bonchev–Trinajstić information content (AvgIpc) is 2.71. The maximum Gasteiger partial charge on any atom is 0.416 e. The van der Waals surface area contributed by atoms with Gasteiger partial charge in [0.15, 0.2) is 0 Å². The monoisotopic (exact) mass is 423 g/mol. The Balaban J connectivity index is 2.03. The Morgan fingerprint density at radius 2 is 1.73 bits per heavy atom. The number of benzene rings is 2. The Labute approximate surface area is 172 Å². The van der Waals surface area contributed by atoms with E-state index in [4.69, 9.17) is 4.74 Å². The molecule has 0 aliphatic carbocycles. The molecule has 30 heavy (non-hydrogen) atoms. The number of amides is 1. The summed E-state index contributed by atoms with van der Waals surface area (Å²) in [7, 11) is 1.43. The number of alkyl halides is 3. The first-order valence-electron chi connectivity index (χ1n) is 9.49. The standard InChI is InChI=1S/C22H24F3NO4/c1-3-16(21(28)29)12-15-6-9-19(30-2)18(13-15)20(27)26-11-10-14-4-7-17(8-5-14)22(23,24)25/h4-9,13,16H,3,10-12H2,1-2H3,(H,26,27)(H,28,29). The van der Waals surface area contributed by atoms with Gasteiger partial charge in [0.25, 0.3) is 5.91 Å². The van der Waals surface area contributed by atoms with Gasteiger partial charge in [-0.25, -0.2) is 0 Å². The quantitative estimate of drug-likeness (QED) is 0.629. The van der Waals surface area contributed by atoms with E-state index in [0.29, 0.717) is 36.1 Å². The van der Waals surface area contributed by atoms with Crippen LogP contribution in [0.25, 0.3) is 0 Å². The molecule has 0 fully saturated rings. The van der Waals surface area contributed by atoms with Crippen LogP contribution in [-0.2, 0) is 23.8 Å². The fraction of sp³-hybridized carbons (Fsp3) is 0.364. The molecule has 8 heteroatoms. The van der Waals surface area contributed by atoms with Crippen molar-refractivity contribution in [2.75, 3.05) is 13.7 Å². The van der Waals surface area contributed by atoms with Gasteiger partial charge < -0.3 is 15.2 Å². The summed E-state index contributed by atoms with van der Waals surface area (Å²) >= 11 is 0. The summed E-state index contributed by atoms with van der Waals surface area (Å²) in [4.78, 5) is 23.8. The van der Waals surface area contributed by atoms with Gasteiger partial charge in [-0.1, -0.05) is 25.1 Å². The van der Waals surface area contributed by atoms with Crippen LogP contribution in [0.15, 0.2) is 42.5 Å². The molecule has 1 unspecified atom stereocenters. The van der Waals surface area contributed by atoms with Gasteiger partial charge in [-0.05, 0) is 54.7 Å². The lowest BCUT2D eigenvalue weighted by molar-refractivity contribution is -0.141. The fourth-order valence-electron chi connectivity index (χ4n) is 3.03. The van der Waals surface area contributed by atoms with E-state index in [1.54, 1.807) is 25.1 Å². The molecule has 2 rings (SSSR count). The molecule has 0 spiro atoms. The molecule has 0 aromatic heterocycles. The number of hydrogen-bond donors (Lipinski definition) is 2. The third kappa shape index (κ3) is 6.23. The van der Waals surface area contributed by atoms with Gasteiger partial charge in [0, 0.05) is 6.54 Å². The van der Waals surface area contributed by atoms with Crippen molar-refractivity contribution in [1.29, 1.82) is 0 Å². The van der Waals surface area contributed by atoms with E-state index in [1.807, 2.05) is 0 Å². The predicted molar refractivity (Wildman–Crippen MR) is 106 cm³/mol. The summed E-state index contributed by atoms with van der Waals surface area (Å²) < 4.78 is 43.1. The molecule has 2 N–H and O–H groups in total. The zero-order valence-corrected chi connectivity index (χ0v) is 16.8. The topological polar surface area (TPSA) is 75.6 Å². The van der Waals surface area contributed by atoms with E-state index in [9.17, 15) is 27.9 Å². The van der Waals surface area contributed by atoms with Crippen molar-refractivity contribution in [1.82, 2.24) is 5.32 Å². The maximum absolute atomic E-state index is 12.6. The van der Waals surface area contributed by atoms with E-state index in [0.717, 1.165) is 12.1 Å². The van der Waals surface area contributed by atoms with Crippen molar-refractivity contribution in [2.24, 2.45) is 5.92 Å². The Kier molecular flexibility index (Phi) is 7.86. The second-order valence-electron chi connectivity index (χ2n) is 6.88. The lowest BCUT2D eigenvalue weighted by Crippen LogP contribution is -2.26. The highest BCUT2D eigenvalue weighted by Crippen LogP contribution is 2.29. The normalized spacial score (nSPS) is 12.3. The van der Waals surface area contributed by atoms with Crippen LogP contribution < -0.4 is 10.1 Å². The van der Waals surface area contributed by atoms with Crippen molar-refractivity contribution in [3.63, 3.8) is 0 Å². The highest BCUT2D eigenvalue weighted by Gasteiger charge is 2.29. The van der Waals surface area contributed by atoms with Gasteiger partial charge in [-0.15, -0.1) is 0 Å². The number of carboxylic acid groups (broad SMARTS) is 1. The van der Waals surface area contributed by atoms with Gasteiger partial charge in [0.2, 0.25) is 0 Å². The SMILES string of the molecule is CCC(Cc1ccc(OC)c(C(=O)NCCc2ccc(C(F)(F)F)cc2)c1)C(=O)O. The van der Waals surface area contributed by atoms with Crippen LogP contribution in [0.4, 0.5) is 13.2 Å². The molecular weight excluding hydrogens is 399 g/mol. The third-order valence-corrected chi connectivity index (χ3v) is 4.81.